The molecule has 0 unspecified atom stereocenters. The highest BCUT2D eigenvalue weighted by Crippen LogP contribution is 2.49. The minimum atomic E-state index is 0.104. The number of rotatable bonds is 5. The third-order valence-electron chi connectivity index (χ3n) is 4.56. The Balaban J connectivity index is 1.56. The average molecular weight is 333 g/mol. The van der Waals surface area contributed by atoms with E-state index >= 15 is 0 Å². The van der Waals surface area contributed by atoms with Crippen LogP contribution in [0.4, 0.5) is 5.69 Å². The van der Waals surface area contributed by atoms with Crippen LogP contribution in [0.5, 0.6) is 0 Å². The van der Waals surface area contributed by atoms with E-state index in [1.54, 1.807) is 11.3 Å². The predicted octanol–water partition coefficient (Wildman–Crippen LogP) is 5.09. The lowest BCUT2D eigenvalue weighted by Gasteiger charge is -2.22. The zero-order valence-corrected chi connectivity index (χ0v) is 14.2. The van der Waals surface area contributed by atoms with Gasteiger partial charge in [0, 0.05) is 16.5 Å². The first kappa shape index (κ1) is 15.2. The molecule has 1 amide bonds. The molecule has 1 heterocycles. The summed E-state index contributed by atoms with van der Waals surface area (Å²) in [6.07, 6.45) is 0.955. The standard InChI is InChI=1S/C21H19NOS/c23-21(20-14-19(20)16-8-3-1-4-9-16)22(15-18-12-7-13-24-18)17-10-5-2-6-11-17/h1-13,19-20H,14-15H2/t19-,20+/m1/s1. The maximum atomic E-state index is 13.1. The average Bonchev–Trinajstić information content (AvgIpc) is 3.28. The van der Waals surface area contributed by atoms with Gasteiger partial charge in [-0.15, -0.1) is 11.3 Å². The van der Waals surface area contributed by atoms with Gasteiger partial charge in [0.25, 0.3) is 0 Å². The summed E-state index contributed by atoms with van der Waals surface area (Å²) in [4.78, 5) is 16.3. The first-order valence-corrected chi connectivity index (χ1v) is 9.14. The first-order valence-electron chi connectivity index (χ1n) is 8.26. The third-order valence-corrected chi connectivity index (χ3v) is 5.42. The van der Waals surface area contributed by atoms with E-state index in [1.165, 1.54) is 10.4 Å². The van der Waals surface area contributed by atoms with Crippen LogP contribution in [0.2, 0.25) is 0 Å². The van der Waals surface area contributed by atoms with Gasteiger partial charge < -0.3 is 4.90 Å². The summed E-state index contributed by atoms with van der Waals surface area (Å²) < 4.78 is 0. The first-order chi connectivity index (χ1) is 11.8. The summed E-state index contributed by atoms with van der Waals surface area (Å²) in [7, 11) is 0. The molecule has 1 saturated carbocycles. The van der Waals surface area contributed by atoms with E-state index in [9.17, 15) is 4.79 Å². The van der Waals surface area contributed by atoms with Crippen LogP contribution in [-0.4, -0.2) is 5.91 Å². The second kappa shape index (κ2) is 6.62. The molecule has 2 aromatic carbocycles. The molecular formula is C21H19NOS. The molecule has 1 aliphatic carbocycles. The van der Waals surface area contributed by atoms with Crippen molar-refractivity contribution in [2.45, 2.75) is 18.9 Å². The van der Waals surface area contributed by atoms with Crippen molar-refractivity contribution < 1.29 is 4.79 Å². The summed E-state index contributed by atoms with van der Waals surface area (Å²) in [5.74, 6) is 0.712. The molecule has 0 spiro atoms. The summed E-state index contributed by atoms with van der Waals surface area (Å²) in [6.45, 7) is 0.651. The fourth-order valence-electron chi connectivity index (χ4n) is 3.20. The molecule has 3 heteroatoms. The summed E-state index contributed by atoms with van der Waals surface area (Å²) in [5, 5.41) is 2.06. The number of carbonyl (C=O) groups excluding carboxylic acids is 1. The molecule has 2 nitrogen and oxygen atoms in total. The van der Waals surface area contributed by atoms with Crippen molar-refractivity contribution in [1.82, 2.24) is 0 Å². The maximum Gasteiger partial charge on any atom is 0.231 e. The quantitative estimate of drug-likeness (QED) is 0.637. The highest BCUT2D eigenvalue weighted by atomic mass is 32.1. The molecule has 1 aliphatic rings. The molecule has 4 rings (SSSR count). The topological polar surface area (TPSA) is 20.3 Å². The largest absolute Gasteiger partial charge is 0.307 e. The lowest BCUT2D eigenvalue weighted by molar-refractivity contribution is -0.120. The van der Waals surface area contributed by atoms with E-state index in [1.807, 2.05) is 47.4 Å². The third kappa shape index (κ3) is 3.13. The zero-order chi connectivity index (χ0) is 16.4. The van der Waals surface area contributed by atoms with Crippen LogP contribution in [0, 0.1) is 5.92 Å². The molecule has 3 aromatic rings. The van der Waals surface area contributed by atoms with Gasteiger partial charge in [-0.25, -0.2) is 0 Å². The number of hydrogen-bond acceptors (Lipinski definition) is 2. The Labute approximate surface area is 146 Å². The molecule has 1 aromatic heterocycles. The number of benzene rings is 2. The van der Waals surface area contributed by atoms with Gasteiger partial charge >= 0.3 is 0 Å². The predicted molar refractivity (Wildman–Crippen MR) is 99.2 cm³/mol. The van der Waals surface area contributed by atoms with Gasteiger partial charge in [-0.2, -0.15) is 0 Å². The number of carbonyl (C=O) groups is 1. The molecular weight excluding hydrogens is 314 g/mol. The second-order valence-corrected chi connectivity index (χ2v) is 7.23. The SMILES string of the molecule is O=C([C@H]1C[C@@H]1c1ccccc1)N(Cc1cccs1)c1ccccc1. The molecule has 0 aliphatic heterocycles. The number of para-hydroxylation sites is 1. The van der Waals surface area contributed by atoms with Crippen molar-refractivity contribution in [2.24, 2.45) is 5.92 Å². The van der Waals surface area contributed by atoms with E-state index in [4.69, 9.17) is 0 Å². The fraction of sp³-hybridized carbons (Fsp3) is 0.190. The fourth-order valence-corrected chi connectivity index (χ4v) is 3.89. The lowest BCUT2D eigenvalue weighted by atomic mass is 10.1. The molecule has 2 atom stereocenters. The Morgan fingerprint density at radius 1 is 0.958 bits per heavy atom. The van der Waals surface area contributed by atoms with Crippen LogP contribution < -0.4 is 4.90 Å². The lowest BCUT2D eigenvalue weighted by Crippen LogP contribution is -2.31. The zero-order valence-electron chi connectivity index (χ0n) is 13.3. The minimum Gasteiger partial charge on any atom is -0.307 e. The molecule has 120 valence electrons. The van der Waals surface area contributed by atoms with Crippen LogP contribution in [0.25, 0.3) is 0 Å². The normalized spacial score (nSPS) is 19.0. The van der Waals surface area contributed by atoms with Crippen molar-refractivity contribution in [2.75, 3.05) is 4.90 Å². The number of nitrogens with zero attached hydrogens (tertiary/aromatic N) is 1. The number of hydrogen-bond donors (Lipinski definition) is 0. The van der Waals surface area contributed by atoms with Crippen molar-refractivity contribution in [1.29, 1.82) is 0 Å². The Morgan fingerprint density at radius 2 is 1.67 bits per heavy atom. The van der Waals surface area contributed by atoms with Crippen LogP contribution >= 0.6 is 11.3 Å². The van der Waals surface area contributed by atoms with Crippen LogP contribution in [0.3, 0.4) is 0 Å². The molecule has 0 radical (unpaired) electrons. The smallest absolute Gasteiger partial charge is 0.231 e. The highest BCUT2D eigenvalue weighted by molar-refractivity contribution is 7.09. The Morgan fingerprint density at radius 3 is 2.33 bits per heavy atom. The van der Waals surface area contributed by atoms with E-state index < -0.39 is 0 Å². The summed E-state index contributed by atoms with van der Waals surface area (Å²) in [6, 6.07) is 24.5. The van der Waals surface area contributed by atoms with Gasteiger partial charge in [0.15, 0.2) is 0 Å². The highest BCUT2D eigenvalue weighted by Gasteiger charge is 2.45. The summed E-state index contributed by atoms with van der Waals surface area (Å²) in [5.41, 5.74) is 2.26. The van der Waals surface area contributed by atoms with Gasteiger partial charge in [0.05, 0.1) is 6.54 Å². The van der Waals surface area contributed by atoms with Crippen LogP contribution in [0.15, 0.2) is 78.2 Å². The monoisotopic (exact) mass is 333 g/mol. The van der Waals surface area contributed by atoms with Crippen molar-refractivity contribution >= 4 is 22.9 Å². The van der Waals surface area contributed by atoms with Crippen LogP contribution in [-0.2, 0) is 11.3 Å². The molecule has 0 bridgehead atoms. The van der Waals surface area contributed by atoms with Gasteiger partial charge in [0.2, 0.25) is 5.91 Å². The van der Waals surface area contributed by atoms with Gasteiger partial charge in [-0.05, 0) is 41.5 Å². The number of amides is 1. The minimum absolute atomic E-state index is 0.104. The van der Waals surface area contributed by atoms with Crippen LogP contribution in [0.1, 0.15) is 22.8 Å². The van der Waals surface area contributed by atoms with E-state index in [-0.39, 0.29) is 11.8 Å². The van der Waals surface area contributed by atoms with Crippen molar-refractivity contribution in [3.05, 3.63) is 88.6 Å². The van der Waals surface area contributed by atoms with Crippen molar-refractivity contribution in [3.8, 4) is 0 Å². The van der Waals surface area contributed by atoms with Gasteiger partial charge in [-0.1, -0.05) is 54.6 Å². The molecule has 24 heavy (non-hydrogen) atoms. The second-order valence-electron chi connectivity index (χ2n) is 6.20. The Kier molecular flexibility index (Phi) is 4.18. The van der Waals surface area contributed by atoms with Crippen molar-refractivity contribution in [3.63, 3.8) is 0 Å². The Hall–Kier alpha value is -2.39. The van der Waals surface area contributed by atoms with E-state index in [0.717, 1.165) is 12.1 Å². The Bertz CT molecular complexity index is 798. The van der Waals surface area contributed by atoms with E-state index in [2.05, 4.69) is 35.7 Å². The van der Waals surface area contributed by atoms with Gasteiger partial charge in [0.1, 0.15) is 0 Å². The van der Waals surface area contributed by atoms with E-state index in [0.29, 0.717) is 12.5 Å². The molecule has 1 fully saturated rings. The number of thiophene rings is 1. The summed E-state index contributed by atoms with van der Waals surface area (Å²) >= 11 is 1.70. The molecule has 0 N–H and O–H groups in total. The maximum absolute atomic E-state index is 13.1. The number of anilines is 1. The van der Waals surface area contributed by atoms with Gasteiger partial charge in [-0.3, -0.25) is 4.79 Å². The molecule has 0 saturated heterocycles.